The maximum atomic E-state index is 11.8. The molecule has 0 saturated heterocycles. The van der Waals surface area contributed by atoms with E-state index in [1.54, 1.807) is 12.1 Å². The summed E-state index contributed by atoms with van der Waals surface area (Å²) in [7, 11) is -4.30. The molecule has 0 aliphatic rings. The van der Waals surface area contributed by atoms with Crippen LogP contribution in [-0.4, -0.2) is 21.0 Å². The minimum Gasteiger partial charge on any atom is -1.00 e. The average Bonchev–Trinajstić information content (AvgIpc) is 2.59. The number of hydrogen-bond acceptors (Lipinski definition) is 5. The molecule has 0 heterocycles. The second kappa shape index (κ2) is 15.5. The van der Waals surface area contributed by atoms with E-state index in [9.17, 15) is 13.2 Å². The second-order valence-electron chi connectivity index (χ2n) is 6.65. The topological polar surface area (TPSA) is 69.7 Å². The van der Waals surface area contributed by atoms with Crippen molar-refractivity contribution in [2.24, 2.45) is 0 Å². The summed E-state index contributed by atoms with van der Waals surface area (Å²) in [5.41, 5.74) is 1.04. The van der Waals surface area contributed by atoms with Gasteiger partial charge >= 0.3 is 45.9 Å². The smallest absolute Gasteiger partial charge is 1.00 e. The van der Waals surface area contributed by atoms with Crippen LogP contribution < -0.4 is 29.6 Å². The largest absolute Gasteiger partial charge is 1.00 e. The van der Waals surface area contributed by atoms with Gasteiger partial charge in [0.25, 0.3) is 0 Å². The Morgan fingerprint density at radius 2 is 1.52 bits per heavy atom. The molecule has 0 aliphatic carbocycles. The van der Waals surface area contributed by atoms with E-state index in [4.69, 9.17) is 4.18 Å². The molecule has 7 heteroatoms. The number of aryl methyl sites for hydroxylation is 1. The van der Waals surface area contributed by atoms with Crippen molar-refractivity contribution in [1.82, 2.24) is 0 Å². The SMILES string of the molecule is CCCCCCCCCCCCOS(=O)(=O)OC(=O)c1cccc(C)c1.[H-].[Na+]. The molecule has 0 aromatic heterocycles. The number of hydrogen-bond donors (Lipinski definition) is 0. The maximum absolute atomic E-state index is 11.8. The third-order valence-corrected chi connectivity index (χ3v) is 4.97. The average molecular weight is 409 g/mol. The maximum Gasteiger partial charge on any atom is 1.00 e. The third kappa shape index (κ3) is 13.4. The van der Waals surface area contributed by atoms with Crippen molar-refractivity contribution in [1.29, 1.82) is 0 Å². The number of carbonyl (C=O) groups excluding carboxylic acids is 1. The van der Waals surface area contributed by atoms with Crippen molar-refractivity contribution in [3.8, 4) is 0 Å². The Kier molecular flexibility index (Phi) is 15.3. The van der Waals surface area contributed by atoms with Crippen LogP contribution in [0.25, 0.3) is 0 Å². The first-order chi connectivity index (χ1) is 12.4. The summed E-state index contributed by atoms with van der Waals surface area (Å²) in [4.78, 5) is 11.8. The molecule has 1 rings (SSSR count). The van der Waals surface area contributed by atoms with Crippen LogP contribution in [0, 0.1) is 6.92 Å². The van der Waals surface area contributed by atoms with E-state index in [-0.39, 0.29) is 43.2 Å². The zero-order valence-corrected chi connectivity index (χ0v) is 19.9. The zero-order chi connectivity index (χ0) is 19.3. The Labute approximate surface area is 188 Å². The van der Waals surface area contributed by atoms with Gasteiger partial charge in [0, 0.05) is 0 Å². The van der Waals surface area contributed by atoms with Gasteiger partial charge in [0.05, 0.1) is 12.2 Å². The molecule has 150 valence electrons. The first kappa shape index (κ1) is 26.6. The fourth-order valence-electron chi connectivity index (χ4n) is 2.69. The van der Waals surface area contributed by atoms with Gasteiger partial charge in [-0.15, -0.1) is 0 Å². The van der Waals surface area contributed by atoms with Crippen LogP contribution in [0.2, 0.25) is 0 Å². The molecule has 0 spiro atoms. The summed E-state index contributed by atoms with van der Waals surface area (Å²) in [6.07, 6.45) is 11.5. The van der Waals surface area contributed by atoms with Crippen LogP contribution in [0.1, 0.15) is 88.5 Å². The Morgan fingerprint density at radius 3 is 2.07 bits per heavy atom. The molecule has 0 radical (unpaired) electrons. The van der Waals surface area contributed by atoms with E-state index in [2.05, 4.69) is 11.1 Å². The van der Waals surface area contributed by atoms with Crippen LogP contribution in [0.3, 0.4) is 0 Å². The molecule has 27 heavy (non-hydrogen) atoms. The first-order valence-corrected chi connectivity index (χ1v) is 11.0. The minimum absolute atomic E-state index is 0. The Morgan fingerprint density at radius 1 is 0.963 bits per heavy atom. The molecular weight excluding hydrogens is 375 g/mol. The molecule has 1 aromatic carbocycles. The second-order valence-corrected chi connectivity index (χ2v) is 7.87. The third-order valence-electron chi connectivity index (χ3n) is 4.16. The van der Waals surface area contributed by atoms with Gasteiger partial charge < -0.3 is 5.61 Å². The van der Waals surface area contributed by atoms with Crippen molar-refractivity contribution < 1.29 is 52.6 Å². The summed E-state index contributed by atoms with van der Waals surface area (Å²) >= 11 is 0. The number of rotatable bonds is 14. The first-order valence-electron chi connectivity index (χ1n) is 9.64. The molecular formula is C20H33NaO5S. The summed E-state index contributed by atoms with van der Waals surface area (Å²) in [5.74, 6) is -0.920. The zero-order valence-electron chi connectivity index (χ0n) is 18.0. The van der Waals surface area contributed by atoms with Crippen molar-refractivity contribution in [2.75, 3.05) is 6.61 Å². The summed E-state index contributed by atoms with van der Waals surface area (Å²) in [6.45, 7) is 4.07. The minimum atomic E-state index is -4.30. The predicted octanol–water partition coefficient (Wildman–Crippen LogP) is 2.45. The quantitative estimate of drug-likeness (QED) is 0.349. The van der Waals surface area contributed by atoms with E-state index in [0.717, 1.165) is 18.4 Å². The van der Waals surface area contributed by atoms with Gasteiger partial charge in [-0.05, 0) is 25.5 Å². The molecule has 0 fully saturated rings. The van der Waals surface area contributed by atoms with Gasteiger partial charge in [-0.1, -0.05) is 82.4 Å². The standard InChI is InChI=1S/C20H32O5S.Na.H/c1-3-4-5-6-7-8-9-10-11-12-16-24-26(22,23)25-20(21)19-15-13-14-18(2)17-19;;/h13-15,17H,3-12,16H2,1-2H3;;/q;+1;-1. The number of carbonyl (C=O) groups is 1. The summed E-state index contributed by atoms with van der Waals surface area (Å²) in [5, 5.41) is 0. The van der Waals surface area contributed by atoms with Gasteiger partial charge in [0.2, 0.25) is 0 Å². The van der Waals surface area contributed by atoms with E-state index in [0.29, 0.717) is 6.42 Å². The molecule has 0 atom stereocenters. The normalized spacial score (nSPS) is 11.0. The van der Waals surface area contributed by atoms with Gasteiger partial charge in [0.1, 0.15) is 0 Å². The Hall–Kier alpha value is -0.400. The van der Waals surface area contributed by atoms with Gasteiger partial charge in [0.15, 0.2) is 0 Å². The molecule has 0 bridgehead atoms. The van der Waals surface area contributed by atoms with E-state index < -0.39 is 16.4 Å². The fraction of sp³-hybridized carbons (Fsp3) is 0.650. The van der Waals surface area contributed by atoms with Crippen molar-refractivity contribution in [2.45, 2.75) is 78.1 Å². The number of benzene rings is 1. The number of unbranched alkanes of at least 4 members (excludes halogenated alkanes) is 9. The fourth-order valence-corrected chi connectivity index (χ4v) is 3.34. The van der Waals surface area contributed by atoms with Gasteiger partial charge in [-0.2, -0.15) is 8.42 Å². The van der Waals surface area contributed by atoms with E-state index >= 15 is 0 Å². The molecule has 0 N–H and O–H groups in total. The molecule has 1 aromatic rings. The molecule has 0 aliphatic heterocycles. The van der Waals surface area contributed by atoms with Crippen molar-refractivity contribution in [3.05, 3.63) is 35.4 Å². The molecule has 0 amide bonds. The van der Waals surface area contributed by atoms with Crippen LogP contribution in [0.15, 0.2) is 24.3 Å². The Bertz CT molecular complexity index is 637. The molecule has 0 saturated carbocycles. The van der Waals surface area contributed by atoms with E-state index in [1.165, 1.54) is 51.0 Å². The summed E-state index contributed by atoms with van der Waals surface area (Å²) in [6, 6.07) is 6.56. The monoisotopic (exact) mass is 408 g/mol. The summed E-state index contributed by atoms with van der Waals surface area (Å²) < 4.78 is 32.6. The van der Waals surface area contributed by atoms with Crippen LogP contribution >= 0.6 is 0 Å². The van der Waals surface area contributed by atoms with Crippen LogP contribution in [0.4, 0.5) is 0 Å². The van der Waals surface area contributed by atoms with Gasteiger partial charge in [-0.3, -0.25) is 0 Å². The van der Waals surface area contributed by atoms with Gasteiger partial charge in [-0.25, -0.2) is 8.98 Å². The van der Waals surface area contributed by atoms with Crippen molar-refractivity contribution in [3.63, 3.8) is 0 Å². The van der Waals surface area contributed by atoms with E-state index in [1.807, 2.05) is 13.0 Å². The Balaban J connectivity index is 0. The van der Waals surface area contributed by atoms with Crippen LogP contribution in [-0.2, 0) is 18.8 Å². The predicted molar refractivity (Wildman–Crippen MR) is 104 cm³/mol. The molecule has 5 nitrogen and oxygen atoms in total. The van der Waals surface area contributed by atoms with Crippen LogP contribution in [0.5, 0.6) is 0 Å². The molecule has 0 unspecified atom stereocenters. The van der Waals surface area contributed by atoms with Crippen molar-refractivity contribution >= 4 is 16.4 Å².